The van der Waals surface area contributed by atoms with E-state index in [1.54, 1.807) is 4.57 Å². The van der Waals surface area contributed by atoms with Gasteiger partial charge in [-0.2, -0.15) is 0 Å². The maximum atomic E-state index is 13.3. The van der Waals surface area contributed by atoms with Gasteiger partial charge in [0.25, 0.3) is 10.2 Å². The van der Waals surface area contributed by atoms with E-state index in [0.29, 0.717) is 18.1 Å². The highest BCUT2D eigenvalue weighted by molar-refractivity contribution is 6.32. The van der Waals surface area contributed by atoms with Crippen molar-refractivity contribution in [1.82, 2.24) is 30.2 Å². The van der Waals surface area contributed by atoms with E-state index in [-0.39, 0.29) is 43.3 Å². The first-order chi connectivity index (χ1) is 24.5. The molecule has 20 heteroatoms. The maximum absolute atomic E-state index is 13.3. The van der Waals surface area contributed by atoms with Crippen molar-refractivity contribution in [3.63, 3.8) is 0 Å². The second-order valence-corrected chi connectivity index (χ2v) is 11.4. The van der Waals surface area contributed by atoms with E-state index >= 15 is 0 Å². The van der Waals surface area contributed by atoms with Crippen LogP contribution < -0.4 is 0 Å². The number of tetrazole rings is 1. The Labute approximate surface area is 295 Å². The Hall–Kier alpha value is -5.85. The Bertz CT molecular complexity index is 1770. The van der Waals surface area contributed by atoms with Gasteiger partial charge < -0.3 is 28.5 Å². The molecule has 4 aromatic rings. The molecular formula is C31H35ClN8O11. The molecule has 0 fully saturated rings. The van der Waals surface area contributed by atoms with Crippen LogP contribution in [0.1, 0.15) is 67.8 Å². The van der Waals surface area contributed by atoms with E-state index in [2.05, 4.69) is 35.3 Å². The van der Waals surface area contributed by atoms with Gasteiger partial charge in [-0.05, 0) is 52.8 Å². The maximum Gasteiger partial charge on any atom is 0.511 e. The van der Waals surface area contributed by atoms with Crippen LogP contribution in [0.15, 0.2) is 48.5 Å². The van der Waals surface area contributed by atoms with Crippen LogP contribution in [-0.4, -0.2) is 78.1 Å². The largest absolute Gasteiger partial charge is 0.511 e. The van der Waals surface area contributed by atoms with Crippen LogP contribution in [0.5, 0.6) is 0 Å². The van der Waals surface area contributed by atoms with Gasteiger partial charge in [-0.1, -0.05) is 73.5 Å². The molecule has 0 spiro atoms. The zero-order chi connectivity index (χ0) is 36.8. The third-order valence-electron chi connectivity index (χ3n) is 7.36. The molecule has 0 radical (unpaired) electrons. The van der Waals surface area contributed by atoms with Gasteiger partial charge >= 0.3 is 12.1 Å². The van der Waals surface area contributed by atoms with E-state index in [9.17, 15) is 29.8 Å². The Morgan fingerprint density at radius 3 is 2.41 bits per heavy atom. The number of aryl methyl sites for hydroxylation is 1. The zero-order valence-electron chi connectivity index (χ0n) is 27.6. The number of esters is 1. The number of carbonyl (C=O) groups is 2. The predicted molar refractivity (Wildman–Crippen MR) is 176 cm³/mol. The molecule has 2 aromatic carbocycles. The van der Waals surface area contributed by atoms with Gasteiger partial charge in [0.05, 0.1) is 6.61 Å². The van der Waals surface area contributed by atoms with Crippen molar-refractivity contribution in [1.29, 1.82) is 0 Å². The van der Waals surface area contributed by atoms with Gasteiger partial charge in [0.15, 0.2) is 16.7 Å². The number of nitrogens with zero attached hydrogens (tertiary/aromatic N) is 7. The number of hydrogen-bond donors (Lipinski definition) is 1. The molecule has 0 bridgehead atoms. The van der Waals surface area contributed by atoms with E-state index in [4.69, 9.17) is 25.8 Å². The number of aromatic amines is 1. The number of benzene rings is 2. The standard InChI is InChI=1S/C31H35ClN8O11/c1-3-4-12-26-33-28(32)27(30(41)49-20(2)50-31(42)47-17-8-7-9-23(51-40(45)46)19-48-39(43)44)38(26)18-21-13-15-22(16-14-21)24-10-5-6-11-25(24)29-34-36-37-35-29/h5-6,10-11,13-16,20,23H,3-4,7-9,12,17-19H2,1-2H3,(H,34,35,36,37)/t20?,23-/m0/s1. The molecule has 0 saturated carbocycles. The Balaban J connectivity index is 1.36. The minimum absolute atomic E-state index is 0.00798. The molecule has 51 heavy (non-hydrogen) atoms. The quantitative estimate of drug-likeness (QED) is 0.0394. The number of imidazole rings is 1. The molecule has 0 aliphatic heterocycles. The first-order valence-corrected chi connectivity index (χ1v) is 16.2. The van der Waals surface area contributed by atoms with Crippen molar-refractivity contribution in [3.8, 4) is 22.5 Å². The fraction of sp³-hybridized carbons (Fsp3) is 0.419. The molecule has 0 amide bonds. The lowest BCUT2D eigenvalue weighted by Crippen LogP contribution is -2.25. The van der Waals surface area contributed by atoms with E-state index in [1.807, 2.05) is 55.5 Å². The fourth-order valence-electron chi connectivity index (χ4n) is 5.01. The summed E-state index contributed by atoms with van der Waals surface area (Å²) in [6, 6.07) is 15.4. The molecule has 0 aliphatic carbocycles. The van der Waals surface area contributed by atoms with Gasteiger partial charge in [-0.15, -0.1) is 25.3 Å². The monoisotopic (exact) mass is 730 g/mol. The van der Waals surface area contributed by atoms with Gasteiger partial charge in [0.1, 0.15) is 18.5 Å². The van der Waals surface area contributed by atoms with Crippen LogP contribution in [0, 0.1) is 20.2 Å². The lowest BCUT2D eigenvalue weighted by atomic mass is 9.98. The molecule has 2 atom stereocenters. The molecule has 1 unspecified atom stereocenters. The number of aromatic nitrogens is 6. The third kappa shape index (κ3) is 11.3. The number of rotatable bonds is 20. The van der Waals surface area contributed by atoms with E-state index in [0.717, 1.165) is 35.1 Å². The molecule has 19 nitrogen and oxygen atoms in total. The van der Waals surface area contributed by atoms with Crippen molar-refractivity contribution in [3.05, 3.63) is 91.0 Å². The predicted octanol–water partition coefficient (Wildman–Crippen LogP) is 5.39. The molecule has 272 valence electrons. The van der Waals surface area contributed by atoms with Crippen LogP contribution in [0.4, 0.5) is 4.79 Å². The number of halogens is 1. The van der Waals surface area contributed by atoms with Crippen LogP contribution in [-0.2, 0) is 36.9 Å². The second-order valence-electron chi connectivity index (χ2n) is 11.0. The molecule has 0 saturated heterocycles. The van der Waals surface area contributed by atoms with Crippen molar-refractivity contribution in [2.75, 3.05) is 13.2 Å². The minimum atomic E-state index is -1.36. The summed E-state index contributed by atoms with van der Waals surface area (Å²) in [7, 11) is 0. The molecule has 0 aliphatic rings. The smallest absolute Gasteiger partial charge is 0.434 e. The SMILES string of the molecule is CCCCc1nc(Cl)c(C(=O)OC(C)OC(=O)OCCCC[C@@H](CO[N+](=O)[O-])O[N+](=O)[O-])n1Cc1ccc(-c2ccccc2-c2nnn[nH]2)cc1. The number of H-pyrrole nitrogens is 1. The second kappa shape index (κ2) is 18.8. The van der Waals surface area contributed by atoms with E-state index < -0.39 is 41.3 Å². The molecule has 2 heterocycles. The molecule has 1 N–H and O–H groups in total. The van der Waals surface area contributed by atoms with Crippen LogP contribution in [0.3, 0.4) is 0 Å². The van der Waals surface area contributed by atoms with Crippen LogP contribution in [0.2, 0.25) is 5.15 Å². The normalized spacial score (nSPS) is 12.1. The van der Waals surface area contributed by atoms with Gasteiger partial charge in [-0.3, -0.25) is 0 Å². The molecule has 4 rings (SSSR count). The summed E-state index contributed by atoms with van der Waals surface area (Å²) in [5, 5.41) is 32.9. The van der Waals surface area contributed by atoms with Crippen LogP contribution >= 0.6 is 11.6 Å². The fourth-order valence-corrected chi connectivity index (χ4v) is 5.28. The summed E-state index contributed by atoms with van der Waals surface area (Å²) in [4.78, 5) is 59.4. The Kier molecular flexibility index (Phi) is 14.0. The Morgan fingerprint density at radius 1 is 1.00 bits per heavy atom. The number of nitrogens with one attached hydrogen (secondary N) is 1. The average molecular weight is 731 g/mol. The highest BCUT2D eigenvalue weighted by Crippen LogP contribution is 2.30. The first kappa shape index (κ1) is 38.0. The van der Waals surface area contributed by atoms with Crippen LogP contribution in [0.25, 0.3) is 22.5 Å². The number of hydrogen-bond acceptors (Lipinski definition) is 15. The zero-order valence-corrected chi connectivity index (χ0v) is 28.4. The van der Waals surface area contributed by atoms with Gasteiger partial charge in [0.2, 0.25) is 6.29 Å². The number of unbranched alkanes of at least 4 members (excludes halogenated alkanes) is 2. The molecular weight excluding hydrogens is 696 g/mol. The van der Waals surface area contributed by atoms with Crippen molar-refractivity contribution in [2.45, 2.75) is 71.3 Å². The highest BCUT2D eigenvalue weighted by atomic mass is 35.5. The summed E-state index contributed by atoms with van der Waals surface area (Å²) in [6.07, 6.45) is -0.933. The summed E-state index contributed by atoms with van der Waals surface area (Å²) in [5.74, 6) is 0.259. The van der Waals surface area contributed by atoms with Gasteiger partial charge in [-0.25, -0.2) is 19.7 Å². The topological polar surface area (TPSA) is 239 Å². The van der Waals surface area contributed by atoms with Gasteiger partial charge in [0, 0.05) is 25.5 Å². The van der Waals surface area contributed by atoms with E-state index in [1.165, 1.54) is 6.92 Å². The van der Waals surface area contributed by atoms with Crippen molar-refractivity contribution >= 4 is 23.7 Å². The summed E-state index contributed by atoms with van der Waals surface area (Å²) < 4.78 is 17.1. The number of ether oxygens (including phenoxy) is 3. The molecule has 2 aromatic heterocycles. The Morgan fingerprint density at radius 2 is 1.75 bits per heavy atom. The summed E-state index contributed by atoms with van der Waals surface area (Å²) in [6.45, 7) is 2.82. The lowest BCUT2D eigenvalue weighted by molar-refractivity contribution is -0.790. The lowest BCUT2D eigenvalue weighted by Gasteiger charge is -2.16. The van der Waals surface area contributed by atoms with Crippen molar-refractivity contribution < 1.29 is 43.6 Å². The first-order valence-electron chi connectivity index (χ1n) is 15.9. The average Bonchev–Trinajstić information content (AvgIpc) is 3.74. The summed E-state index contributed by atoms with van der Waals surface area (Å²) >= 11 is 6.46. The minimum Gasteiger partial charge on any atom is -0.434 e. The highest BCUT2D eigenvalue weighted by Gasteiger charge is 2.26. The number of carbonyl (C=O) groups excluding carboxylic acids is 2. The summed E-state index contributed by atoms with van der Waals surface area (Å²) in [5.41, 5.74) is 3.53. The van der Waals surface area contributed by atoms with Crippen molar-refractivity contribution in [2.24, 2.45) is 0 Å². The third-order valence-corrected chi connectivity index (χ3v) is 7.62.